The summed E-state index contributed by atoms with van der Waals surface area (Å²) >= 11 is 0. The van der Waals surface area contributed by atoms with Crippen molar-refractivity contribution < 1.29 is 9.84 Å². The molecule has 0 atom stereocenters. The minimum Gasteiger partial charge on any atom is -0.507 e. The Kier molecular flexibility index (Phi) is 3.53. The van der Waals surface area contributed by atoms with Crippen LogP contribution in [0.5, 0.6) is 11.5 Å². The molecule has 1 N–H and O–H groups in total. The second-order valence-electron chi connectivity index (χ2n) is 5.29. The van der Waals surface area contributed by atoms with Gasteiger partial charge >= 0.3 is 0 Å². The number of aryl methyl sites for hydroxylation is 1. The van der Waals surface area contributed by atoms with Crippen LogP contribution in [-0.2, 0) is 6.61 Å². The van der Waals surface area contributed by atoms with E-state index in [0.29, 0.717) is 12.4 Å². The van der Waals surface area contributed by atoms with Crippen LogP contribution in [0.25, 0.3) is 10.8 Å². The zero-order valence-corrected chi connectivity index (χ0v) is 12.3. The fourth-order valence-electron chi connectivity index (χ4n) is 2.52. The lowest BCUT2D eigenvalue weighted by Crippen LogP contribution is -1.99. The first-order chi connectivity index (χ1) is 10.2. The first-order valence-electron chi connectivity index (χ1n) is 7.05. The van der Waals surface area contributed by atoms with E-state index < -0.39 is 0 Å². The second kappa shape index (κ2) is 5.49. The van der Waals surface area contributed by atoms with Gasteiger partial charge in [0.15, 0.2) is 0 Å². The summed E-state index contributed by atoms with van der Waals surface area (Å²) in [5.41, 5.74) is 3.36. The molecule has 0 amide bonds. The lowest BCUT2D eigenvalue weighted by Gasteiger charge is -2.15. The zero-order valence-electron chi connectivity index (χ0n) is 12.3. The van der Waals surface area contributed by atoms with Gasteiger partial charge in [0.05, 0.1) is 0 Å². The van der Waals surface area contributed by atoms with Gasteiger partial charge in [0.2, 0.25) is 0 Å². The Hall–Kier alpha value is -2.48. The van der Waals surface area contributed by atoms with Crippen LogP contribution in [0.4, 0.5) is 0 Å². The number of hydrogen-bond acceptors (Lipinski definition) is 2. The molecule has 0 aliphatic rings. The molecule has 21 heavy (non-hydrogen) atoms. The quantitative estimate of drug-likeness (QED) is 0.749. The van der Waals surface area contributed by atoms with E-state index in [9.17, 15) is 5.11 Å². The number of benzene rings is 3. The van der Waals surface area contributed by atoms with E-state index in [1.807, 2.05) is 55.5 Å². The van der Waals surface area contributed by atoms with Crippen molar-refractivity contribution in [2.24, 2.45) is 0 Å². The van der Waals surface area contributed by atoms with E-state index in [4.69, 9.17) is 4.74 Å². The predicted molar refractivity (Wildman–Crippen MR) is 85.9 cm³/mol. The summed E-state index contributed by atoms with van der Waals surface area (Å²) in [7, 11) is 0. The molecule has 0 bridgehead atoms. The number of hydrogen-bond donors (Lipinski definition) is 1. The normalized spacial score (nSPS) is 10.8. The Morgan fingerprint density at radius 3 is 2.43 bits per heavy atom. The van der Waals surface area contributed by atoms with E-state index in [0.717, 1.165) is 33.2 Å². The third-order valence-corrected chi connectivity index (χ3v) is 3.85. The van der Waals surface area contributed by atoms with Gasteiger partial charge in [-0.25, -0.2) is 0 Å². The molecule has 3 rings (SSSR count). The van der Waals surface area contributed by atoms with Crippen LogP contribution < -0.4 is 4.74 Å². The van der Waals surface area contributed by atoms with Crippen molar-refractivity contribution >= 4 is 10.8 Å². The molecule has 0 unspecified atom stereocenters. The fraction of sp³-hybridized carbons (Fsp3) is 0.158. The van der Waals surface area contributed by atoms with Gasteiger partial charge in [0, 0.05) is 10.8 Å². The maximum absolute atomic E-state index is 10.0. The van der Waals surface area contributed by atoms with Crippen LogP contribution in [0, 0.1) is 13.8 Å². The molecular weight excluding hydrogens is 260 g/mol. The van der Waals surface area contributed by atoms with Gasteiger partial charge in [-0.05, 0) is 42.7 Å². The first kappa shape index (κ1) is 13.5. The number of aromatic hydroxyl groups is 1. The van der Waals surface area contributed by atoms with Crippen molar-refractivity contribution in [1.29, 1.82) is 0 Å². The van der Waals surface area contributed by atoms with Crippen LogP contribution in [-0.4, -0.2) is 5.11 Å². The number of ether oxygens (including phenoxy) is 1. The molecule has 3 aromatic rings. The summed E-state index contributed by atoms with van der Waals surface area (Å²) in [6, 6.07) is 17.7. The molecule has 0 saturated heterocycles. The summed E-state index contributed by atoms with van der Waals surface area (Å²) < 4.78 is 6.06. The molecule has 3 aromatic carbocycles. The minimum absolute atomic E-state index is 0.292. The average molecular weight is 278 g/mol. The number of rotatable bonds is 3. The Bertz CT molecular complexity index is 776. The molecular formula is C19H18O2. The highest BCUT2D eigenvalue weighted by atomic mass is 16.5. The monoisotopic (exact) mass is 278 g/mol. The third-order valence-electron chi connectivity index (χ3n) is 3.85. The maximum atomic E-state index is 10.0. The molecule has 2 nitrogen and oxygen atoms in total. The standard InChI is InChI=1S/C19H18O2/c1-13-11-17-16(9-6-10-18(17)20)19(14(13)2)21-12-15-7-4-3-5-8-15/h3-11,20H,12H2,1-2H3. The van der Waals surface area contributed by atoms with Crippen molar-refractivity contribution in [2.45, 2.75) is 20.5 Å². The zero-order chi connectivity index (χ0) is 14.8. The van der Waals surface area contributed by atoms with Crippen LogP contribution in [0.1, 0.15) is 16.7 Å². The summed E-state index contributed by atoms with van der Waals surface area (Å²) in [5, 5.41) is 11.8. The van der Waals surface area contributed by atoms with Crippen molar-refractivity contribution in [2.75, 3.05) is 0 Å². The van der Waals surface area contributed by atoms with Crippen molar-refractivity contribution in [3.05, 3.63) is 71.3 Å². The number of fused-ring (bicyclic) bond motifs is 1. The van der Waals surface area contributed by atoms with Crippen molar-refractivity contribution in [3.63, 3.8) is 0 Å². The third kappa shape index (κ3) is 2.57. The van der Waals surface area contributed by atoms with Gasteiger partial charge < -0.3 is 9.84 Å². The molecule has 0 heterocycles. The number of phenolic OH excluding ortho intramolecular Hbond substituents is 1. The Morgan fingerprint density at radius 2 is 1.67 bits per heavy atom. The summed E-state index contributed by atoms with van der Waals surface area (Å²) in [5.74, 6) is 1.14. The highest BCUT2D eigenvalue weighted by molar-refractivity contribution is 5.94. The second-order valence-corrected chi connectivity index (χ2v) is 5.29. The Balaban J connectivity index is 2.04. The molecule has 0 fully saturated rings. The van der Waals surface area contributed by atoms with Crippen LogP contribution in [0.15, 0.2) is 54.6 Å². The molecule has 0 radical (unpaired) electrons. The van der Waals surface area contributed by atoms with E-state index in [2.05, 4.69) is 6.92 Å². The van der Waals surface area contributed by atoms with Crippen molar-refractivity contribution in [3.8, 4) is 11.5 Å². The summed E-state index contributed by atoms with van der Waals surface area (Å²) in [4.78, 5) is 0. The van der Waals surface area contributed by atoms with Crippen LogP contribution >= 0.6 is 0 Å². The maximum Gasteiger partial charge on any atom is 0.130 e. The molecule has 106 valence electrons. The smallest absolute Gasteiger partial charge is 0.130 e. The van der Waals surface area contributed by atoms with E-state index in [-0.39, 0.29) is 0 Å². The first-order valence-corrected chi connectivity index (χ1v) is 7.05. The van der Waals surface area contributed by atoms with Crippen LogP contribution in [0.3, 0.4) is 0 Å². The molecule has 2 heteroatoms. The molecule has 0 spiro atoms. The largest absolute Gasteiger partial charge is 0.507 e. The fourth-order valence-corrected chi connectivity index (χ4v) is 2.52. The van der Waals surface area contributed by atoms with E-state index >= 15 is 0 Å². The molecule has 0 aliphatic heterocycles. The molecule has 0 aliphatic carbocycles. The van der Waals surface area contributed by atoms with Crippen molar-refractivity contribution in [1.82, 2.24) is 0 Å². The summed E-state index contributed by atoms with van der Waals surface area (Å²) in [6.07, 6.45) is 0. The van der Waals surface area contributed by atoms with Gasteiger partial charge in [-0.15, -0.1) is 0 Å². The predicted octanol–water partition coefficient (Wildman–Crippen LogP) is 4.74. The van der Waals surface area contributed by atoms with Gasteiger partial charge in [0.1, 0.15) is 18.1 Å². The summed E-state index contributed by atoms with van der Waals surface area (Å²) in [6.45, 7) is 4.62. The van der Waals surface area contributed by atoms with Gasteiger partial charge in [-0.3, -0.25) is 0 Å². The van der Waals surface area contributed by atoms with E-state index in [1.165, 1.54) is 0 Å². The average Bonchev–Trinajstić information content (AvgIpc) is 2.50. The highest BCUT2D eigenvalue weighted by Gasteiger charge is 2.11. The SMILES string of the molecule is Cc1cc2c(O)cccc2c(OCc2ccccc2)c1C. The van der Waals surface area contributed by atoms with Gasteiger partial charge in [-0.1, -0.05) is 42.5 Å². The lowest BCUT2D eigenvalue weighted by molar-refractivity contribution is 0.307. The van der Waals surface area contributed by atoms with E-state index in [1.54, 1.807) is 6.07 Å². The Labute approximate surface area is 124 Å². The van der Waals surface area contributed by atoms with Crippen LogP contribution in [0.2, 0.25) is 0 Å². The number of phenols is 1. The molecule has 0 aromatic heterocycles. The Morgan fingerprint density at radius 1 is 0.905 bits per heavy atom. The van der Waals surface area contributed by atoms with Gasteiger partial charge in [0.25, 0.3) is 0 Å². The lowest BCUT2D eigenvalue weighted by atomic mass is 10.0. The minimum atomic E-state index is 0.292. The molecule has 0 saturated carbocycles. The topological polar surface area (TPSA) is 29.5 Å². The van der Waals surface area contributed by atoms with Gasteiger partial charge in [-0.2, -0.15) is 0 Å². The highest BCUT2D eigenvalue weighted by Crippen LogP contribution is 2.36.